The van der Waals surface area contributed by atoms with Crippen molar-refractivity contribution >= 4 is 10.8 Å². The van der Waals surface area contributed by atoms with E-state index in [-0.39, 0.29) is 0 Å². The molecule has 0 atom stereocenters. The van der Waals surface area contributed by atoms with E-state index in [1.165, 1.54) is 21.9 Å². The Kier molecular flexibility index (Phi) is 2.93. The third-order valence-corrected chi connectivity index (χ3v) is 4.14. The van der Waals surface area contributed by atoms with Crippen molar-refractivity contribution < 1.29 is 14.2 Å². The highest BCUT2D eigenvalue weighted by Gasteiger charge is 2.24. The highest BCUT2D eigenvalue weighted by Crippen LogP contribution is 2.48. The molecule has 4 rings (SSSR count). The van der Waals surface area contributed by atoms with Gasteiger partial charge in [-0.2, -0.15) is 0 Å². The van der Waals surface area contributed by atoms with Crippen LogP contribution >= 0.6 is 0 Å². The molecule has 0 saturated carbocycles. The fraction of sp³-hybridized carbons (Fsp3) is 0.158. The number of methoxy groups -OCH3 is 2. The minimum absolute atomic E-state index is 0.559. The summed E-state index contributed by atoms with van der Waals surface area (Å²) in [5.74, 6) is 2.31. The second-order valence-electron chi connectivity index (χ2n) is 5.31. The van der Waals surface area contributed by atoms with E-state index >= 15 is 0 Å². The first-order valence-corrected chi connectivity index (χ1v) is 7.21. The zero-order valence-corrected chi connectivity index (χ0v) is 12.6. The molecule has 0 aromatic heterocycles. The lowest BCUT2D eigenvalue weighted by molar-refractivity contribution is 0.296. The fourth-order valence-electron chi connectivity index (χ4n) is 3.09. The largest absolute Gasteiger partial charge is 0.496 e. The first-order valence-electron chi connectivity index (χ1n) is 7.21. The van der Waals surface area contributed by atoms with Gasteiger partial charge in [0.05, 0.1) is 19.8 Å². The number of rotatable bonds is 2. The van der Waals surface area contributed by atoms with Gasteiger partial charge < -0.3 is 14.2 Å². The van der Waals surface area contributed by atoms with E-state index in [0.717, 1.165) is 22.8 Å². The Balaban J connectivity index is 2.10. The van der Waals surface area contributed by atoms with Crippen LogP contribution < -0.4 is 14.2 Å². The zero-order chi connectivity index (χ0) is 15.1. The smallest absolute Gasteiger partial charge is 0.135 e. The Morgan fingerprint density at radius 2 is 1.77 bits per heavy atom. The molecule has 22 heavy (non-hydrogen) atoms. The SMILES string of the molecule is COc1cc(OC)c2c(c1)OCc1ccc3ccccc3c1-2. The van der Waals surface area contributed by atoms with Gasteiger partial charge in [-0.05, 0) is 16.3 Å². The van der Waals surface area contributed by atoms with Gasteiger partial charge in [-0.3, -0.25) is 0 Å². The van der Waals surface area contributed by atoms with Crippen LogP contribution in [0.2, 0.25) is 0 Å². The summed E-state index contributed by atoms with van der Waals surface area (Å²) in [6.45, 7) is 0.559. The fourth-order valence-corrected chi connectivity index (χ4v) is 3.09. The van der Waals surface area contributed by atoms with Crippen molar-refractivity contribution in [2.45, 2.75) is 6.61 Å². The molecule has 1 aliphatic rings. The second-order valence-corrected chi connectivity index (χ2v) is 5.31. The van der Waals surface area contributed by atoms with E-state index in [4.69, 9.17) is 14.2 Å². The topological polar surface area (TPSA) is 27.7 Å². The quantitative estimate of drug-likeness (QED) is 0.700. The molecule has 1 heterocycles. The summed E-state index contributed by atoms with van der Waals surface area (Å²) in [5, 5.41) is 2.43. The van der Waals surface area contributed by atoms with Crippen molar-refractivity contribution in [3.63, 3.8) is 0 Å². The molecule has 0 unspecified atom stereocenters. The van der Waals surface area contributed by atoms with Crippen LogP contribution in [-0.2, 0) is 6.61 Å². The number of fused-ring (bicyclic) bond motifs is 5. The van der Waals surface area contributed by atoms with Crippen LogP contribution in [0.1, 0.15) is 5.56 Å². The van der Waals surface area contributed by atoms with Crippen molar-refractivity contribution in [1.29, 1.82) is 0 Å². The zero-order valence-electron chi connectivity index (χ0n) is 12.6. The molecule has 3 aromatic rings. The van der Waals surface area contributed by atoms with Crippen molar-refractivity contribution in [3.8, 4) is 28.4 Å². The molecule has 0 radical (unpaired) electrons. The molecule has 0 spiro atoms. The van der Waals surface area contributed by atoms with Crippen LogP contribution in [0.5, 0.6) is 17.2 Å². The van der Waals surface area contributed by atoms with E-state index in [1.807, 2.05) is 12.1 Å². The average Bonchev–Trinajstić information content (AvgIpc) is 2.59. The molecule has 0 bridgehead atoms. The van der Waals surface area contributed by atoms with Crippen LogP contribution in [0.4, 0.5) is 0 Å². The average molecular weight is 292 g/mol. The molecule has 3 nitrogen and oxygen atoms in total. The monoisotopic (exact) mass is 292 g/mol. The molecule has 0 fully saturated rings. The summed E-state index contributed by atoms with van der Waals surface area (Å²) in [6, 6.07) is 16.5. The maximum Gasteiger partial charge on any atom is 0.135 e. The maximum absolute atomic E-state index is 5.92. The third kappa shape index (κ3) is 1.82. The van der Waals surface area contributed by atoms with E-state index in [2.05, 4.69) is 36.4 Å². The normalized spacial score (nSPS) is 12.3. The Hall–Kier alpha value is -2.68. The van der Waals surface area contributed by atoms with Crippen molar-refractivity contribution in [1.82, 2.24) is 0 Å². The van der Waals surface area contributed by atoms with E-state index in [1.54, 1.807) is 14.2 Å². The minimum atomic E-state index is 0.559. The molecule has 0 amide bonds. The Labute approximate surface area is 129 Å². The molecule has 3 aromatic carbocycles. The van der Waals surface area contributed by atoms with Gasteiger partial charge >= 0.3 is 0 Å². The van der Waals surface area contributed by atoms with Gasteiger partial charge in [-0.25, -0.2) is 0 Å². The van der Waals surface area contributed by atoms with E-state index < -0.39 is 0 Å². The van der Waals surface area contributed by atoms with Crippen molar-refractivity contribution in [2.24, 2.45) is 0 Å². The van der Waals surface area contributed by atoms with Gasteiger partial charge in [0, 0.05) is 17.7 Å². The first kappa shape index (κ1) is 13.0. The Morgan fingerprint density at radius 1 is 0.909 bits per heavy atom. The predicted molar refractivity (Wildman–Crippen MR) is 86.8 cm³/mol. The molecule has 0 aliphatic carbocycles. The molecular formula is C19H16O3. The van der Waals surface area contributed by atoms with Gasteiger partial charge in [0.15, 0.2) is 0 Å². The number of ether oxygens (including phenoxy) is 3. The standard InChI is InChI=1S/C19H16O3/c1-20-14-9-16(21-2)19-17(10-14)22-11-13-8-7-12-5-3-4-6-15(12)18(13)19/h3-10H,11H2,1-2H3. The first-order chi connectivity index (χ1) is 10.8. The molecular weight excluding hydrogens is 276 g/mol. The summed E-state index contributed by atoms with van der Waals surface area (Å²) < 4.78 is 16.9. The van der Waals surface area contributed by atoms with Gasteiger partial charge in [0.1, 0.15) is 23.9 Å². The van der Waals surface area contributed by atoms with E-state index in [0.29, 0.717) is 6.61 Å². The molecule has 1 aliphatic heterocycles. The Morgan fingerprint density at radius 3 is 2.59 bits per heavy atom. The lowest BCUT2D eigenvalue weighted by Gasteiger charge is -2.25. The Bertz CT molecular complexity index is 851. The van der Waals surface area contributed by atoms with Crippen LogP contribution in [0.25, 0.3) is 21.9 Å². The van der Waals surface area contributed by atoms with E-state index in [9.17, 15) is 0 Å². The second kappa shape index (κ2) is 4.95. The van der Waals surface area contributed by atoms with Crippen LogP contribution in [0.3, 0.4) is 0 Å². The lowest BCUT2D eigenvalue weighted by atomic mass is 9.90. The summed E-state index contributed by atoms with van der Waals surface area (Å²) in [6.07, 6.45) is 0. The van der Waals surface area contributed by atoms with Gasteiger partial charge in [0.2, 0.25) is 0 Å². The predicted octanol–water partition coefficient (Wildman–Crippen LogP) is 4.42. The molecule has 110 valence electrons. The molecule has 0 saturated heterocycles. The summed E-state index contributed by atoms with van der Waals surface area (Å²) in [5.41, 5.74) is 3.37. The van der Waals surface area contributed by atoms with Crippen molar-refractivity contribution in [2.75, 3.05) is 14.2 Å². The number of hydrogen-bond acceptors (Lipinski definition) is 3. The van der Waals surface area contributed by atoms with Crippen LogP contribution in [0, 0.1) is 0 Å². The highest BCUT2D eigenvalue weighted by atomic mass is 16.5. The lowest BCUT2D eigenvalue weighted by Crippen LogP contribution is -2.07. The number of benzene rings is 3. The third-order valence-electron chi connectivity index (χ3n) is 4.14. The van der Waals surface area contributed by atoms with Gasteiger partial charge in [0.25, 0.3) is 0 Å². The van der Waals surface area contributed by atoms with Gasteiger partial charge in [-0.1, -0.05) is 36.4 Å². The van der Waals surface area contributed by atoms with Crippen LogP contribution in [0.15, 0.2) is 48.5 Å². The molecule has 0 N–H and O–H groups in total. The summed E-state index contributed by atoms with van der Waals surface area (Å²) in [4.78, 5) is 0. The maximum atomic E-state index is 5.92. The highest BCUT2D eigenvalue weighted by molar-refractivity contribution is 6.02. The summed E-state index contributed by atoms with van der Waals surface area (Å²) in [7, 11) is 3.32. The number of hydrogen-bond donors (Lipinski definition) is 0. The van der Waals surface area contributed by atoms with Crippen molar-refractivity contribution in [3.05, 3.63) is 54.1 Å². The van der Waals surface area contributed by atoms with Crippen LogP contribution in [-0.4, -0.2) is 14.2 Å². The molecule has 3 heteroatoms. The minimum Gasteiger partial charge on any atom is -0.496 e. The van der Waals surface area contributed by atoms with Gasteiger partial charge in [-0.15, -0.1) is 0 Å². The summed E-state index contributed by atoms with van der Waals surface area (Å²) >= 11 is 0.